The van der Waals surface area contributed by atoms with Gasteiger partial charge in [0.1, 0.15) is 5.82 Å². The summed E-state index contributed by atoms with van der Waals surface area (Å²) in [6.45, 7) is 7.97. The van der Waals surface area contributed by atoms with Crippen LogP contribution in [0.2, 0.25) is 0 Å². The van der Waals surface area contributed by atoms with Crippen molar-refractivity contribution in [3.63, 3.8) is 0 Å². The molecule has 0 unspecified atom stereocenters. The second-order valence-corrected chi connectivity index (χ2v) is 5.37. The van der Waals surface area contributed by atoms with Gasteiger partial charge < -0.3 is 10.2 Å². The number of anilines is 1. The highest BCUT2D eigenvalue weighted by Gasteiger charge is 2.18. The van der Waals surface area contributed by atoms with Gasteiger partial charge in [0.05, 0.1) is 0 Å². The number of aryl methyl sites for hydroxylation is 1. The third-order valence-corrected chi connectivity index (χ3v) is 3.99. The maximum Gasteiger partial charge on any atom is 0.202 e. The quantitative estimate of drug-likeness (QED) is 0.876. The molecule has 1 saturated heterocycles. The molecule has 0 spiro atoms. The summed E-state index contributed by atoms with van der Waals surface area (Å²) in [4.78, 5) is 7.02. The summed E-state index contributed by atoms with van der Waals surface area (Å²) in [7, 11) is 0. The van der Waals surface area contributed by atoms with Gasteiger partial charge in [-0.1, -0.05) is 13.8 Å². The Kier molecular flexibility index (Phi) is 4.74. The highest BCUT2D eigenvalue weighted by molar-refractivity contribution is 7.09. The second-order valence-electron chi connectivity index (χ2n) is 4.62. The highest BCUT2D eigenvalue weighted by Crippen LogP contribution is 2.18. The van der Waals surface area contributed by atoms with E-state index >= 15 is 0 Å². The SMILES string of the molecule is CCCc1nsc(NC2CCN(CC)CC2)n1. The molecule has 0 bridgehead atoms. The normalized spacial score (nSPS) is 18.5. The summed E-state index contributed by atoms with van der Waals surface area (Å²) >= 11 is 1.50. The fraction of sp³-hybridized carbons (Fsp3) is 0.833. The van der Waals surface area contributed by atoms with E-state index in [1.165, 1.54) is 44.0 Å². The van der Waals surface area contributed by atoms with Gasteiger partial charge in [-0.2, -0.15) is 4.37 Å². The van der Waals surface area contributed by atoms with Crippen LogP contribution in [0, 0.1) is 0 Å². The molecule has 2 heterocycles. The van der Waals surface area contributed by atoms with Crippen molar-refractivity contribution in [1.82, 2.24) is 14.3 Å². The average molecular weight is 254 g/mol. The Balaban J connectivity index is 1.80. The lowest BCUT2D eigenvalue weighted by molar-refractivity contribution is 0.229. The Hall–Kier alpha value is -0.680. The van der Waals surface area contributed by atoms with E-state index in [1.54, 1.807) is 0 Å². The van der Waals surface area contributed by atoms with Gasteiger partial charge in [-0.25, -0.2) is 4.98 Å². The van der Waals surface area contributed by atoms with Crippen LogP contribution in [-0.2, 0) is 6.42 Å². The van der Waals surface area contributed by atoms with E-state index < -0.39 is 0 Å². The molecule has 1 aliphatic heterocycles. The maximum atomic E-state index is 4.52. The third kappa shape index (κ3) is 3.64. The summed E-state index contributed by atoms with van der Waals surface area (Å²) < 4.78 is 4.36. The van der Waals surface area contributed by atoms with Gasteiger partial charge in [-0.3, -0.25) is 0 Å². The van der Waals surface area contributed by atoms with Crippen LogP contribution in [0.5, 0.6) is 0 Å². The molecule has 1 aromatic rings. The van der Waals surface area contributed by atoms with Gasteiger partial charge >= 0.3 is 0 Å². The minimum absolute atomic E-state index is 0.584. The van der Waals surface area contributed by atoms with Crippen molar-refractivity contribution in [2.75, 3.05) is 25.0 Å². The number of likely N-dealkylation sites (tertiary alicyclic amines) is 1. The minimum Gasteiger partial charge on any atom is -0.357 e. The molecule has 1 aliphatic rings. The second kappa shape index (κ2) is 6.31. The lowest BCUT2D eigenvalue weighted by Gasteiger charge is -2.31. The first-order valence-corrected chi connectivity index (χ1v) is 7.40. The lowest BCUT2D eigenvalue weighted by Crippen LogP contribution is -2.38. The number of hydrogen-bond acceptors (Lipinski definition) is 5. The van der Waals surface area contributed by atoms with Crippen molar-refractivity contribution in [3.05, 3.63) is 5.82 Å². The van der Waals surface area contributed by atoms with Crippen LogP contribution in [-0.4, -0.2) is 39.9 Å². The number of piperidine rings is 1. The fourth-order valence-corrected chi connectivity index (χ4v) is 2.90. The minimum atomic E-state index is 0.584. The first kappa shape index (κ1) is 12.8. The molecule has 0 saturated carbocycles. The molecule has 0 radical (unpaired) electrons. The molecule has 5 heteroatoms. The van der Waals surface area contributed by atoms with Crippen LogP contribution in [0.1, 0.15) is 38.9 Å². The van der Waals surface area contributed by atoms with E-state index in [0.717, 1.165) is 23.8 Å². The topological polar surface area (TPSA) is 41.1 Å². The van der Waals surface area contributed by atoms with Crippen LogP contribution in [0.4, 0.5) is 5.13 Å². The first-order valence-electron chi connectivity index (χ1n) is 6.63. The Bertz CT molecular complexity index is 331. The molecule has 17 heavy (non-hydrogen) atoms. The summed E-state index contributed by atoms with van der Waals surface area (Å²) in [6.07, 6.45) is 4.55. The molecular formula is C12H22N4S. The summed E-state index contributed by atoms with van der Waals surface area (Å²) in [5.41, 5.74) is 0. The van der Waals surface area contributed by atoms with E-state index in [-0.39, 0.29) is 0 Å². The smallest absolute Gasteiger partial charge is 0.202 e. The van der Waals surface area contributed by atoms with Gasteiger partial charge in [0, 0.05) is 37.1 Å². The zero-order chi connectivity index (χ0) is 12.1. The zero-order valence-corrected chi connectivity index (χ0v) is 11.6. The molecule has 0 amide bonds. The molecule has 1 N–H and O–H groups in total. The monoisotopic (exact) mass is 254 g/mol. The average Bonchev–Trinajstić information content (AvgIpc) is 2.78. The molecule has 0 aliphatic carbocycles. The predicted molar refractivity (Wildman–Crippen MR) is 72.7 cm³/mol. The number of rotatable bonds is 5. The molecular weight excluding hydrogens is 232 g/mol. The van der Waals surface area contributed by atoms with Crippen LogP contribution in [0.15, 0.2) is 0 Å². The molecule has 1 fully saturated rings. The van der Waals surface area contributed by atoms with Gasteiger partial charge in [-0.15, -0.1) is 0 Å². The number of hydrogen-bond donors (Lipinski definition) is 1. The van der Waals surface area contributed by atoms with Crippen molar-refractivity contribution in [2.45, 2.75) is 45.6 Å². The maximum absolute atomic E-state index is 4.52. The van der Waals surface area contributed by atoms with E-state index in [0.29, 0.717) is 6.04 Å². The van der Waals surface area contributed by atoms with E-state index in [9.17, 15) is 0 Å². The Morgan fingerprint density at radius 2 is 2.12 bits per heavy atom. The molecule has 0 atom stereocenters. The number of nitrogens with zero attached hydrogens (tertiary/aromatic N) is 3. The molecule has 96 valence electrons. The largest absolute Gasteiger partial charge is 0.357 e. The van der Waals surface area contributed by atoms with E-state index in [4.69, 9.17) is 0 Å². The van der Waals surface area contributed by atoms with Gasteiger partial charge in [0.25, 0.3) is 0 Å². The van der Waals surface area contributed by atoms with Crippen LogP contribution in [0.3, 0.4) is 0 Å². The molecule has 0 aromatic carbocycles. The van der Waals surface area contributed by atoms with Crippen molar-refractivity contribution >= 4 is 16.7 Å². The molecule has 2 rings (SSSR count). The summed E-state index contributed by atoms with van der Waals surface area (Å²) in [5, 5.41) is 4.53. The fourth-order valence-electron chi connectivity index (χ4n) is 2.21. The third-order valence-electron chi connectivity index (χ3n) is 3.30. The zero-order valence-electron chi connectivity index (χ0n) is 10.8. The van der Waals surface area contributed by atoms with Crippen LogP contribution < -0.4 is 5.32 Å². The Morgan fingerprint density at radius 1 is 1.35 bits per heavy atom. The van der Waals surface area contributed by atoms with Crippen molar-refractivity contribution in [2.24, 2.45) is 0 Å². The number of nitrogens with one attached hydrogen (secondary N) is 1. The van der Waals surface area contributed by atoms with Crippen molar-refractivity contribution in [3.8, 4) is 0 Å². The Morgan fingerprint density at radius 3 is 2.76 bits per heavy atom. The summed E-state index contributed by atoms with van der Waals surface area (Å²) in [5.74, 6) is 0.992. The molecule has 1 aromatic heterocycles. The van der Waals surface area contributed by atoms with E-state index in [2.05, 4.69) is 33.4 Å². The van der Waals surface area contributed by atoms with Gasteiger partial charge in [0.2, 0.25) is 5.13 Å². The van der Waals surface area contributed by atoms with Gasteiger partial charge in [-0.05, 0) is 25.8 Å². The lowest BCUT2D eigenvalue weighted by atomic mass is 10.1. The Labute approximate surface area is 108 Å². The van der Waals surface area contributed by atoms with E-state index in [1.807, 2.05) is 0 Å². The molecule has 4 nitrogen and oxygen atoms in total. The summed E-state index contributed by atoms with van der Waals surface area (Å²) in [6, 6.07) is 0.584. The first-order chi connectivity index (χ1) is 8.31. The van der Waals surface area contributed by atoms with Crippen molar-refractivity contribution < 1.29 is 0 Å². The number of aromatic nitrogens is 2. The van der Waals surface area contributed by atoms with Crippen LogP contribution in [0.25, 0.3) is 0 Å². The van der Waals surface area contributed by atoms with Crippen molar-refractivity contribution in [1.29, 1.82) is 0 Å². The van der Waals surface area contributed by atoms with Crippen LogP contribution >= 0.6 is 11.5 Å². The highest BCUT2D eigenvalue weighted by atomic mass is 32.1. The predicted octanol–water partition coefficient (Wildman–Crippen LogP) is 2.39. The van der Waals surface area contributed by atoms with Gasteiger partial charge in [0.15, 0.2) is 0 Å². The standard InChI is InChI=1S/C12H22N4S/c1-3-5-11-14-12(17-15-11)13-10-6-8-16(4-2)9-7-10/h10H,3-9H2,1-2H3,(H,13,14,15).